The van der Waals surface area contributed by atoms with Crippen LogP contribution in [0, 0.1) is 0 Å². The Morgan fingerprint density at radius 3 is 2.02 bits per heavy atom. The number of alkyl halides is 3. The number of carbonyl (C=O) groups excluding carboxylic acids is 4. The number of hydrogen-bond acceptors (Lipinski definition) is 9. The molecule has 300 valence electrons. The Labute approximate surface area is 332 Å². The fraction of sp³-hybridized carbons (Fsp3) is 0.386. The summed E-state index contributed by atoms with van der Waals surface area (Å²) in [7, 11) is 3.95. The zero-order chi connectivity index (χ0) is 41.3. The highest BCUT2D eigenvalue weighted by molar-refractivity contribution is 7.99. The molecule has 2 aliphatic rings. The summed E-state index contributed by atoms with van der Waals surface area (Å²) >= 11 is 1.57. The number of hydrogen-bond donors (Lipinski definition) is 0. The van der Waals surface area contributed by atoms with Crippen LogP contribution < -0.4 is 9.47 Å². The third-order valence-electron chi connectivity index (χ3n) is 8.43. The minimum Gasteiger partial charge on any atom is -0.493 e. The smallest absolute Gasteiger partial charge is 0.418 e. The SMILES string of the molecule is CC.CC.CN(C)Cc1ccccc1C(=O)CCC(=O)c1ccc2c(c1)CCCO2.O=C(CCC(=O)c1ncccc1C(F)(F)F)c1ccc2c(c1)SCCO2. The molecule has 0 bridgehead atoms. The van der Waals surface area contributed by atoms with E-state index in [1.807, 2.05) is 83.1 Å². The van der Waals surface area contributed by atoms with Gasteiger partial charge < -0.3 is 14.4 Å². The standard InChI is InChI=1S/C22H25NO3.C18H14F3NO3S.2C2H6/c1-23(2)15-18-6-3-4-8-19(18)21(25)11-10-20(24)16-9-12-22-17(14-16)7-5-13-26-22;19-18(20,21)12-2-1-7-22-17(12)14(24)5-4-13(23)11-3-6-15-16(10-11)26-9-8-25-15;2*1-2/h3-4,6,8-9,12,14H,5,7,10-11,13,15H2,1-2H3;1-3,6-7,10H,4-5,8-9H2;2*1-2H3. The molecule has 12 heteroatoms. The van der Waals surface area contributed by atoms with Crippen molar-refractivity contribution < 1.29 is 41.8 Å². The first-order valence-electron chi connectivity index (χ1n) is 18.9. The van der Waals surface area contributed by atoms with Crippen LogP contribution in [0.25, 0.3) is 0 Å². The second-order valence-electron chi connectivity index (χ2n) is 12.6. The lowest BCUT2D eigenvalue weighted by molar-refractivity contribution is -0.138. The molecule has 2 aliphatic heterocycles. The quantitative estimate of drug-likeness (QED) is 0.130. The van der Waals surface area contributed by atoms with Crippen LogP contribution >= 0.6 is 11.8 Å². The first-order chi connectivity index (χ1) is 26.9. The second-order valence-corrected chi connectivity index (χ2v) is 13.8. The molecule has 0 radical (unpaired) electrons. The topological polar surface area (TPSA) is 103 Å². The molecule has 0 aliphatic carbocycles. The summed E-state index contributed by atoms with van der Waals surface area (Å²) in [6, 6.07) is 20.1. The predicted molar refractivity (Wildman–Crippen MR) is 214 cm³/mol. The van der Waals surface area contributed by atoms with Crippen molar-refractivity contribution in [3.05, 3.63) is 118 Å². The number of ether oxygens (including phenoxy) is 2. The molecule has 1 aromatic heterocycles. The number of fused-ring (bicyclic) bond motifs is 2. The Hall–Kier alpha value is -4.81. The van der Waals surface area contributed by atoms with E-state index in [1.54, 1.807) is 36.0 Å². The van der Waals surface area contributed by atoms with E-state index in [9.17, 15) is 32.3 Å². The molecule has 0 amide bonds. The Bertz CT molecular complexity index is 1950. The number of rotatable bonds is 12. The van der Waals surface area contributed by atoms with Gasteiger partial charge in [-0.3, -0.25) is 24.2 Å². The van der Waals surface area contributed by atoms with E-state index in [0.717, 1.165) is 65.3 Å². The lowest BCUT2D eigenvalue weighted by Gasteiger charge is -2.17. The van der Waals surface area contributed by atoms with E-state index >= 15 is 0 Å². The van der Waals surface area contributed by atoms with Gasteiger partial charge >= 0.3 is 6.18 Å². The minimum absolute atomic E-state index is 0.0109. The number of aryl methyl sites for hydroxylation is 1. The van der Waals surface area contributed by atoms with Gasteiger partial charge in [-0.05, 0) is 86.6 Å². The van der Waals surface area contributed by atoms with Crippen molar-refractivity contribution in [2.45, 2.75) is 83.8 Å². The van der Waals surface area contributed by atoms with Crippen molar-refractivity contribution in [2.24, 2.45) is 0 Å². The van der Waals surface area contributed by atoms with Gasteiger partial charge in [-0.1, -0.05) is 52.0 Å². The van der Waals surface area contributed by atoms with Crippen LogP contribution in [0.4, 0.5) is 13.2 Å². The molecule has 8 nitrogen and oxygen atoms in total. The van der Waals surface area contributed by atoms with Crippen molar-refractivity contribution in [3.8, 4) is 11.5 Å². The lowest BCUT2D eigenvalue weighted by atomic mass is 9.96. The van der Waals surface area contributed by atoms with Crippen LogP contribution in [0.15, 0.2) is 83.9 Å². The van der Waals surface area contributed by atoms with Crippen molar-refractivity contribution in [3.63, 3.8) is 0 Å². The third-order valence-corrected chi connectivity index (χ3v) is 9.44. The van der Waals surface area contributed by atoms with E-state index in [4.69, 9.17) is 9.47 Å². The van der Waals surface area contributed by atoms with Gasteiger partial charge in [0.05, 0.1) is 23.7 Å². The molecule has 0 atom stereocenters. The molecule has 6 rings (SSSR count). The fourth-order valence-electron chi connectivity index (χ4n) is 5.87. The Morgan fingerprint density at radius 1 is 0.732 bits per heavy atom. The highest BCUT2D eigenvalue weighted by Gasteiger charge is 2.35. The fourth-order valence-corrected chi connectivity index (χ4v) is 6.74. The molecular weight excluding hydrogens is 742 g/mol. The van der Waals surface area contributed by atoms with Gasteiger partial charge in [0.2, 0.25) is 0 Å². The number of carbonyl (C=O) groups is 4. The maximum Gasteiger partial charge on any atom is 0.418 e. The number of aromatic nitrogens is 1. The number of pyridine rings is 1. The third kappa shape index (κ3) is 13.2. The van der Waals surface area contributed by atoms with Gasteiger partial charge in [-0.2, -0.15) is 13.2 Å². The van der Waals surface area contributed by atoms with Crippen LogP contribution in [-0.4, -0.2) is 66.1 Å². The number of nitrogens with zero attached hydrogens (tertiary/aromatic N) is 2. The van der Waals surface area contributed by atoms with Gasteiger partial charge in [0.1, 0.15) is 17.2 Å². The van der Waals surface area contributed by atoms with Crippen LogP contribution in [0.2, 0.25) is 0 Å². The molecule has 0 unspecified atom stereocenters. The molecule has 0 saturated heterocycles. The zero-order valence-corrected chi connectivity index (χ0v) is 33.8. The normalized spacial score (nSPS) is 12.7. The molecule has 0 N–H and O–H groups in total. The summed E-state index contributed by atoms with van der Waals surface area (Å²) in [5, 5.41) is 0. The monoisotopic (exact) mass is 792 g/mol. The molecular formula is C44H51F3N2O6S. The van der Waals surface area contributed by atoms with Crippen molar-refractivity contribution in [1.82, 2.24) is 9.88 Å². The van der Waals surface area contributed by atoms with Gasteiger partial charge in [0.25, 0.3) is 0 Å². The van der Waals surface area contributed by atoms with Crippen molar-refractivity contribution >= 4 is 34.9 Å². The van der Waals surface area contributed by atoms with Crippen LogP contribution in [0.1, 0.15) is 118 Å². The van der Waals surface area contributed by atoms with E-state index in [-0.39, 0.29) is 43.0 Å². The maximum atomic E-state index is 13.0. The molecule has 0 saturated carbocycles. The average Bonchev–Trinajstić information content (AvgIpc) is 3.22. The number of ketones is 4. The summed E-state index contributed by atoms with van der Waals surface area (Å²) in [6.07, 6.45) is -1.68. The molecule has 0 fully saturated rings. The number of thioether (sulfide) groups is 1. The number of halogens is 3. The Balaban J connectivity index is 0.000000276. The van der Waals surface area contributed by atoms with E-state index in [2.05, 4.69) is 4.98 Å². The van der Waals surface area contributed by atoms with Gasteiger partial charge in [0, 0.05) is 60.9 Å². The Kier molecular flexibility index (Phi) is 18.5. The summed E-state index contributed by atoms with van der Waals surface area (Å²) in [6.45, 7) is 10.0. The highest BCUT2D eigenvalue weighted by atomic mass is 32.2. The largest absolute Gasteiger partial charge is 0.493 e. The van der Waals surface area contributed by atoms with Crippen LogP contribution in [-0.2, 0) is 19.1 Å². The van der Waals surface area contributed by atoms with Crippen molar-refractivity contribution in [1.29, 1.82) is 0 Å². The van der Waals surface area contributed by atoms with Gasteiger partial charge in [0.15, 0.2) is 23.1 Å². The lowest BCUT2D eigenvalue weighted by Crippen LogP contribution is -2.15. The van der Waals surface area contributed by atoms with Gasteiger partial charge in [-0.15, -0.1) is 11.8 Å². The maximum absolute atomic E-state index is 13.0. The highest BCUT2D eigenvalue weighted by Crippen LogP contribution is 2.35. The first kappa shape index (κ1) is 45.6. The minimum atomic E-state index is -4.67. The number of benzene rings is 3. The zero-order valence-electron chi connectivity index (χ0n) is 33.0. The van der Waals surface area contributed by atoms with E-state index < -0.39 is 23.2 Å². The molecule has 4 aromatic rings. The summed E-state index contributed by atoms with van der Waals surface area (Å²) in [5.41, 5.74) is 2.15. The summed E-state index contributed by atoms with van der Waals surface area (Å²) in [4.78, 5) is 56.0. The van der Waals surface area contributed by atoms with Gasteiger partial charge in [-0.25, -0.2) is 0 Å². The van der Waals surface area contributed by atoms with Crippen molar-refractivity contribution in [2.75, 3.05) is 33.1 Å². The summed E-state index contributed by atoms with van der Waals surface area (Å²) in [5.74, 6) is 1.29. The molecule has 3 heterocycles. The van der Waals surface area contributed by atoms with Crippen LogP contribution in [0.5, 0.6) is 11.5 Å². The second kappa shape index (κ2) is 22.7. The average molecular weight is 793 g/mol. The first-order valence-corrected chi connectivity index (χ1v) is 19.9. The predicted octanol–water partition coefficient (Wildman–Crippen LogP) is 10.4. The molecule has 0 spiro atoms. The van der Waals surface area contributed by atoms with E-state index in [1.165, 1.54) is 0 Å². The Morgan fingerprint density at radius 2 is 1.34 bits per heavy atom. The van der Waals surface area contributed by atoms with Crippen LogP contribution in [0.3, 0.4) is 0 Å². The summed E-state index contributed by atoms with van der Waals surface area (Å²) < 4.78 is 49.9. The number of Topliss-reactive ketones (excluding diaryl/α,β-unsaturated/α-hetero) is 4. The molecule has 56 heavy (non-hydrogen) atoms. The molecule has 3 aromatic carbocycles. The van der Waals surface area contributed by atoms with E-state index in [0.29, 0.717) is 35.6 Å².